The highest BCUT2D eigenvalue weighted by molar-refractivity contribution is 6.43. The van der Waals surface area contributed by atoms with Crippen LogP contribution in [0.15, 0.2) is 18.2 Å². The summed E-state index contributed by atoms with van der Waals surface area (Å²) in [6.45, 7) is 0. The van der Waals surface area contributed by atoms with Crippen LogP contribution in [0, 0.1) is 0 Å². The molecule has 1 unspecified atom stereocenters. The molecule has 6 heteroatoms. The van der Waals surface area contributed by atoms with Crippen molar-refractivity contribution in [1.82, 2.24) is 0 Å². The molecule has 0 bridgehead atoms. The van der Waals surface area contributed by atoms with Gasteiger partial charge < -0.3 is 14.2 Å². The van der Waals surface area contributed by atoms with Gasteiger partial charge in [-0.05, 0) is 12.1 Å². The van der Waals surface area contributed by atoms with Gasteiger partial charge >= 0.3 is 5.97 Å². The van der Waals surface area contributed by atoms with Gasteiger partial charge in [-0.25, -0.2) is 4.79 Å². The zero-order valence-corrected chi connectivity index (χ0v) is 11.0. The van der Waals surface area contributed by atoms with E-state index in [2.05, 4.69) is 4.74 Å². The van der Waals surface area contributed by atoms with Gasteiger partial charge in [-0.2, -0.15) is 0 Å². The van der Waals surface area contributed by atoms with Crippen molar-refractivity contribution in [2.45, 2.75) is 5.38 Å². The smallest absolute Gasteiger partial charge is 0.331 e. The molecule has 0 spiro atoms. The molecule has 1 aromatic rings. The molecule has 0 saturated carbocycles. The van der Waals surface area contributed by atoms with E-state index in [0.717, 1.165) is 7.11 Å². The second-order valence-corrected chi connectivity index (χ2v) is 3.75. The van der Waals surface area contributed by atoms with E-state index >= 15 is 0 Å². The molecule has 0 heterocycles. The van der Waals surface area contributed by atoms with Crippen LogP contribution in [-0.4, -0.2) is 38.5 Å². The highest BCUT2D eigenvalue weighted by Gasteiger charge is 2.28. The Hall–Kier alpha value is -1.75. The van der Waals surface area contributed by atoms with E-state index in [4.69, 9.17) is 21.1 Å². The molecule has 0 aliphatic carbocycles. The monoisotopic (exact) mass is 272 g/mol. The number of alkyl halides is 1. The average molecular weight is 273 g/mol. The minimum Gasteiger partial charge on any atom is -0.497 e. The number of halogens is 1. The number of carbonyl (C=O) groups excluding carboxylic acids is 2. The lowest BCUT2D eigenvalue weighted by Crippen LogP contribution is -2.26. The maximum atomic E-state index is 12.0. The first-order valence-electron chi connectivity index (χ1n) is 5.03. The topological polar surface area (TPSA) is 61.8 Å². The number of hydrogen-bond acceptors (Lipinski definition) is 5. The van der Waals surface area contributed by atoms with Crippen LogP contribution in [0.1, 0.15) is 10.4 Å². The third-order valence-corrected chi connectivity index (χ3v) is 2.69. The number of rotatable bonds is 5. The number of ketones is 1. The molecule has 98 valence electrons. The Balaban J connectivity index is 3.09. The van der Waals surface area contributed by atoms with Crippen LogP contribution in [0.25, 0.3) is 0 Å². The van der Waals surface area contributed by atoms with Gasteiger partial charge in [0.05, 0.1) is 26.9 Å². The molecule has 0 saturated heterocycles. The standard InChI is InChI=1S/C12H13ClO5/c1-16-7-4-5-8(9(6-7)17-2)11(14)10(13)12(15)18-3/h4-6,10H,1-3H3. The van der Waals surface area contributed by atoms with Gasteiger partial charge in [0.2, 0.25) is 0 Å². The van der Waals surface area contributed by atoms with E-state index in [1.54, 1.807) is 6.07 Å². The zero-order valence-electron chi connectivity index (χ0n) is 10.2. The normalized spacial score (nSPS) is 11.6. The van der Waals surface area contributed by atoms with Gasteiger partial charge in [0, 0.05) is 6.07 Å². The van der Waals surface area contributed by atoms with E-state index in [1.807, 2.05) is 0 Å². The molecule has 0 aromatic heterocycles. The number of ether oxygens (including phenoxy) is 3. The van der Waals surface area contributed by atoms with Crippen molar-refractivity contribution < 1.29 is 23.8 Å². The van der Waals surface area contributed by atoms with Gasteiger partial charge in [-0.1, -0.05) is 0 Å². The number of Topliss-reactive ketones (excluding diaryl/α,β-unsaturated/α-hetero) is 1. The summed E-state index contributed by atoms with van der Waals surface area (Å²) in [5, 5.41) is -1.39. The molecule has 1 aromatic carbocycles. The molecule has 5 nitrogen and oxygen atoms in total. The lowest BCUT2D eigenvalue weighted by Gasteiger charge is -2.11. The largest absolute Gasteiger partial charge is 0.497 e. The van der Waals surface area contributed by atoms with E-state index in [9.17, 15) is 9.59 Å². The third kappa shape index (κ3) is 2.92. The Morgan fingerprint density at radius 2 is 1.83 bits per heavy atom. The van der Waals surface area contributed by atoms with Gasteiger partial charge in [0.15, 0.2) is 11.2 Å². The fraction of sp³-hybridized carbons (Fsp3) is 0.333. The molecule has 0 fully saturated rings. The molecular formula is C12H13ClO5. The fourth-order valence-electron chi connectivity index (χ4n) is 1.35. The zero-order chi connectivity index (χ0) is 13.7. The summed E-state index contributed by atoms with van der Waals surface area (Å²) in [5.41, 5.74) is 0.198. The molecule has 0 radical (unpaired) electrons. The van der Waals surface area contributed by atoms with Gasteiger partial charge in [-0.3, -0.25) is 4.79 Å². The molecule has 0 amide bonds. The maximum absolute atomic E-state index is 12.0. The minimum atomic E-state index is -1.39. The number of carbonyl (C=O) groups is 2. The lowest BCUT2D eigenvalue weighted by molar-refractivity contribution is -0.139. The van der Waals surface area contributed by atoms with Crippen molar-refractivity contribution in [3.05, 3.63) is 23.8 Å². The summed E-state index contributed by atoms with van der Waals surface area (Å²) in [6, 6.07) is 4.60. The molecule has 1 rings (SSSR count). The predicted octanol–water partition coefficient (Wildman–Crippen LogP) is 1.67. The van der Waals surface area contributed by atoms with Gasteiger partial charge in [-0.15, -0.1) is 11.6 Å². The van der Waals surface area contributed by atoms with Crippen LogP contribution < -0.4 is 9.47 Å². The van der Waals surface area contributed by atoms with Crippen LogP contribution in [0.4, 0.5) is 0 Å². The lowest BCUT2D eigenvalue weighted by atomic mass is 10.1. The number of benzene rings is 1. The summed E-state index contributed by atoms with van der Waals surface area (Å²) >= 11 is 5.71. The number of hydrogen-bond donors (Lipinski definition) is 0. The van der Waals surface area contributed by atoms with Gasteiger partial charge in [0.1, 0.15) is 11.5 Å². The average Bonchev–Trinajstić information content (AvgIpc) is 2.43. The number of methoxy groups -OCH3 is 3. The van der Waals surface area contributed by atoms with Crippen LogP contribution in [0.5, 0.6) is 11.5 Å². The summed E-state index contributed by atoms with van der Waals surface area (Å²) in [5.74, 6) is -0.566. The van der Waals surface area contributed by atoms with Crippen molar-refractivity contribution in [2.24, 2.45) is 0 Å². The molecule has 1 atom stereocenters. The second kappa shape index (κ2) is 6.26. The summed E-state index contributed by atoms with van der Waals surface area (Å²) in [4.78, 5) is 23.2. The van der Waals surface area contributed by atoms with Crippen molar-refractivity contribution in [3.8, 4) is 11.5 Å². The highest BCUT2D eigenvalue weighted by atomic mass is 35.5. The SMILES string of the molecule is COC(=O)C(Cl)C(=O)c1ccc(OC)cc1OC. The Kier molecular flexibility index (Phi) is 4.97. The van der Waals surface area contributed by atoms with E-state index in [1.165, 1.54) is 26.4 Å². The van der Waals surface area contributed by atoms with Crippen LogP contribution in [0.2, 0.25) is 0 Å². The molecule has 0 N–H and O–H groups in total. The number of esters is 1. The van der Waals surface area contributed by atoms with Crippen LogP contribution in [-0.2, 0) is 9.53 Å². The Morgan fingerprint density at radius 3 is 2.33 bits per heavy atom. The second-order valence-electron chi connectivity index (χ2n) is 3.32. The minimum absolute atomic E-state index is 0.198. The van der Waals surface area contributed by atoms with Crippen molar-refractivity contribution in [1.29, 1.82) is 0 Å². The summed E-state index contributed by atoms with van der Waals surface area (Å²) < 4.78 is 14.5. The highest BCUT2D eigenvalue weighted by Crippen LogP contribution is 2.26. The Morgan fingerprint density at radius 1 is 1.17 bits per heavy atom. The molecule has 0 aliphatic rings. The molecule has 18 heavy (non-hydrogen) atoms. The van der Waals surface area contributed by atoms with Crippen molar-refractivity contribution in [3.63, 3.8) is 0 Å². The van der Waals surface area contributed by atoms with Crippen molar-refractivity contribution in [2.75, 3.05) is 21.3 Å². The van der Waals surface area contributed by atoms with E-state index < -0.39 is 17.1 Å². The Bertz CT molecular complexity index is 458. The maximum Gasteiger partial charge on any atom is 0.331 e. The molecular weight excluding hydrogens is 260 g/mol. The van der Waals surface area contributed by atoms with E-state index in [0.29, 0.717) is 5.75 Å². The quantitative estimate of drug-likeness (QED) is 0.353. The summed E-state index contributed by atoms with van der Waals surface area (Å²) in [6.07, 6.45) is 0. The van der Waals surface area contributed by atoms with Gasteiger partial charge in [0.25, 0.3) is 0 Å². The first kappa shape index (κ1) is 14.3. The first-order chi connectivity index (χ1) is 8.54. The van der Waals surface area contributed by atoms with E-state index in [-0.39, 0.29) is 11.3 Å². The van der Waals surface area contributed by atoms with Crippen LogP contribution in [0.3, 0.4) is 0 Å². The first-order valence-corrected chi connectivity index (χ1v) is 5.47. The molecule has 0 aliphatic heterocycles. The Labute approximate surface area is 110 Å². The van der Waals surface area contributed by atoms with Crippen molar-refractivity contribution >= 4 is 23.4 Å². The fourth-order valence-corrected chi connectivity index (χ4v) is 1.56. The third-order valence-electron chi connectivity index (χ3n) is 2.31. The summed E-state index contributed by atoms with van der Waals surface area (Å²) in [7, 11) is 4.07. The van der Waals surface area contributed by atoms with Crippen LogP contribution >= 0.6 is 11.6 Å². The predicted molar refractivity (Wildman–Crippen MR) is 65.5 cm³/mol.